The van der Waals surface area contributed by atoms with Crippen molar-refractivity contribution in [2.45, 2.75) is 25.8 Å². The van der Waals surface area contributed by atoms with E-state index in [9.17, 15) is 9.18 Å². The van der Waals surface area contributed by atoms with E-state index in [1.54, 1.807) is 12.1 Å². The summed E-state index contributed by atoms with van der Waals surface area (Å²) < 4.78 is 13.5. The molecule has 24 heavy (non-hydrogen) atoms. The first kappa shape index (κ1) is 16.7. The van der Waals surface area contributed by atoms with Crippen molar-refractivity contribution in [3.63, 3.8) is 0 Å². The molecule has 126 valence electrons. The smallest absolute Gasteiger partial charge is 0.221 e. The van der Waals surface area contributed by atoms with E-state index in [4.69, 9.17) is 0 Å². The predicted molar refractivity (Wildman–Crippen MR) is 93.2 cm³/mol. The van der Waals surface area contributed by atoms with Gasteiger partial charge in [0, 0.05) is 32.6 Å². The minimum absolute atomic E-state index is 0.0326. The second-order valence-corrected chi connectivity index (χ2v) is 6.24. The molecular formula is C20H23FN2O. The Kier molecular flexibility index (Phi) is 5.59. The summed E-state index contributed by atoms with van der Waals surface area (Å²) in [4.78, 5) is 14.3. The molecule has 0 radical (unpaired) electrons. The van der Waals surface area contributed by atoms with Gasteiger partial charge in [-0.15, -0.1) is 0 Å². The number of carbonyl (C=O) groups is 1. The molecule has 0 spiro atoms. The summed E-state index contributed by atoms with van der Waals surface area (Å²) >= 11 is 0. The van der Waals surface area contributed by atoms with Crippen molar-refractivity contribution < 1.29 is 9.18 Å². The summed E-state index contributed by atoms with van der Waals surface area (Å²) in [5.74, 6) is -0.177. The fourth-order valence-corrected chi connectivity index (χ4v) is 3.13. The molecule has 0 atom stereocenters. The highest BCUT2D eigenvalue weighted by Crippen LogP contribution is 2.18. The molecule has 1 aliphatic rings. The predicted octanol–water partition coefficient (Wildman–Crippen LogP) is 2.93. The fraction of sp³-hybridized carbons (Fsp3) is 0.350. The maximum Gasteiger partial charge on any atom is 0.221 e. The van der Waals surface area contributed by atoms with Gasteiger partial charge in [0.1, 0.15) is 5.82 Å². The van der Waals surface area contributed by atoms with Crippen LogP contribution in [-0.2, 0) is 24.2 Å². The first-order valence-corrected chi connectivity index (χ1v) is 8.51. The second-order valence-electron chi connectivity index (χ2n) is 6.24. The number of fused-ring (bicyclic) bond motifs is 1. The Hall–Kier alpha value is -2.20. The Morgan fingerprint density at radius 3 is 2.67 bits per heavy atom. The number of amides is 1. The highest BCUT2D eigenvalue weighted by atomic mass is 19.1. The molecule has 0 saturated carbocycles. The molecule has 0 fully saturated rings. The largest absolute Gasteiger partial charge is 0.356 e. The van der Waals surface area contributed by atoms with E-state index < -0.39 is 0 Å². The van der Waals surface area contributed by atoms with Gasteiger partial charge in [0.15, 0.2) is 0 Å². The summed E-state index contributed by atoms with van der Waals surface area (Å²) in [6.07, 6.45) is 2.06. The fourth-order valence-electron chi connectivity index (χ4n) is 3.13. The van der Waals surface area contributed by atoms with Crippen LogP contribution in [0.25, 0.3) is 0 Å². The quantitative estimate of drug-likeness (QED) is 0.885. The van der Waals surface area contributed by atoms with Gasteiger partial charge in [-0.1, -0.05) is 42.5 Å². The van der Waals surface area contributed by atoms with E-state index in [1.165, 1.54) is 17.2 Å². The number of rotatable bonds is 6. The molecule has 1 N–H and O–H groups in total. The van der Waals surface area contributed by atoms with Gasteiger partial charge in [0.05, 0.1) is 0 Å². The lowest BCUT2D eigenvalue weighted by Gasteiger charge is -2.28. The third-order valence-corrected chi connectivity index (χ3v) is 4.54. The van der Waals surface area contributed by atoms with Gasteiger partial charge in [0.25, 0.3) is 0 Å². The maximum absolute atomic E-state index is 13.5. The zero-order valence-corrected chi connectivity index (χ0v) is 13.8. The molecule has 0 bridgehead atoms. The van der Waals surface area contributed by atoms with Crippen LogP contribution >= 0.6 is 0 Å². The number of halogens is 1. The van der Waals surface area contributed by atoms with Crippen molar-refractivity contribution in [2.75, 3.05) is 19.6 Å². The number of benzene rings is 2. The van der Waals surface area contributed by atoms with Crippen LogP contribution in [0.1, 0.15) is 23.1 Å². The Morgan fingerprint density at radius 1 is 1.08 bits per heavy atom. The third kappa shape index (κ3) is 4.42. The molecule has 0 saturated heterocycles. The van der Waals surface area contributed by atoms with Crippen LogP contribution in [0.2, 0.25) is 0 Å². The van der Waals surface area contributed by atoms with E-state index >= 15 is 0 Å². The van der Waals surface area contributed by atoms with Crippen LogP contribution in [0.5, 0.6) is 0 Å². The highest BCUT2D eigenvalue weighted by molar-refractivity contribution is 5.76. The average molecular weight is 326 g/mol. The lowest BCUT2D eigenvalue weighted by atomic mass is 10.00. The summed E-state index contributed by atoms with van der Waals surface area (Å²) in [5, 5.41) is 2.88. The summed E-state index contributed by atoms with van der Waals surface area (Å²) in [5.41, 5.74) is 3.43. The summed E-state index contributed by atoms with van der Waals surface area (Å²) in [7, 11) is 0. The molecule has 3 nitrogen and oxygen atoms in total. The normalized spacial score (nSPS) is 14.2. The zero-order valence-electron chi connectivity index (χ0n) is 13.8. The minimum Gasteiger partial charge on any atom is -0.356 e. The number of nitrogens with one attached hydrogen (secondary N) is 1. The summed E-state index contributed by atoms with van der Waals surface area (Å²) in [6, 6.07) is 15.2. The van der Waals surface area contributed by atoms with Gasteiger partial charge < -0.3 is 5.32 Å². The first-order chi connectivity index (χ1) is 11.7. The van der Waals surface area contributed by atoms with Crippen molar-refractivity contribution in [3.8, 4) is 0 Å². The Morgan fingerprint density at radius 2 is 1.83 bits per heavy atom. The number of hydrogen-bond acceptors (Lipinski definition) is 2. The summed E-state index contributed by atoms with van der Waals surface area (Å²) in [6.45, 7) is 3.15. The standard InChI is InChI=1S/C20H23FN2O/c21-19-8-4-3-6-17(19)9-12-22-20(24)11-14-23-13-10-16-5-1-2-7-18(16)15-23/h1-8H,9-15H2,(H,22,24). The van der Waals surface area contributed by atoms with E-state index in [-0.39, 0.29) is 11.7 Å². The van der Waals surface area contributed by atoms with Gasteiger partial charge in [-0.2, -0.15) is 0 Å². The molecule has 0 unspecified atom stereocenters. The van der Waals surface area contributed by atoms with Crippen LogP contribution in [0.15, 0.2) is 48.5 Å². The lowest BCUT2D eigenvalue weighted by molar-refractivity contribution is -0.121. The number of nitrogens with zero attached hydrogens (tertiary/aromatic N) is 1. The number of carbonyl (C=O) groups excluding carboxylic acids is 1. The van der Waals surface area contributed by atoms with Crippen molar-refractivity contribution in [1.82, 2.24) is 10.2 Å². The topological polar surface area (TPSA) is 32.3 Å². The highest BCUT2D eigenvalue weighted by Gasteiger charge is 2.16. The lowest BCUT2D eigenvalue weighted by Crippen LogP contribution is -2.35. The number of hydrogen-bond donors (Lipinski definition) is 1. The van der Waals surface area contributed by atoms with Gasteiger partial charge in [0.2, 0.25) is 5.91 Å². The van der Waals surface area contributed by atoms with Crippen LogP contribution < -0.4 is 5.32 Å². The SMILES string of the molecule is O=C(CCN1CCc2ccccc2C1)NCCc1ccccc1F. The molecule has 0 aliphatic carbocycles. The van der Waals surface area contributed by atoms with E-state index in [0.717, 1.165) is 26.1 Å². The van der Waals surface area contributed by atoms with Crippen molar-refractivity contribution in [2.24, 2.45) is 0 Å². The van der Waals surface area contributed by atoms with Crippen LogP contribution in [0, 0.1) is 5.82 Å². The molecule has 1 heterocycles. The molecule has 1 aliphatic heterocycles. The van der Waals surface area contributed by atoms with Crippen molar-refractivity contribution >= 4 is 5.91 Å². The zero-order chi connectivity index (χ0) is 16.8. The van der Waals surface area contributed by atoms with Crippen LogP contribution in [0.4, 0.5) is 4.39 Å². The van der Waals surface area contributed by atoms with Gasteiger partial charge in [-0.25, -0.2) is 4.39 Å². The van der Waals surface area contributed by atoms with Crippen molar-refractivity contribution in [3.05, 3.63) is 71.0 Å². The first-order valence-electron chi connectivity index (χ1n) is 8.51. The minimum atomic E-state index is -0.210. The molecule has 3 rings (SSSR count). The molecule has 2 aromatic carbocycles. The second kappa shape index (κ2) is 8.06. The molecule has 0 aromatic heterocycles. The Balaban J connectivity index is 1.38. The molecule has 1 amide bonds. The monoisotopic (exact) mass is 326 g/mol. The van der Waals surface area contributed by atoms with E-state index in [1.807, 2.05) is 6.07 Å². The molecule has 4 heteroatoms. The molecule has 2 aromatic rings. The third-order valence-electron chi connectivity index (χ3n) is 4.54. The van der Waals surface area contributed by atoms with Crippen LogP contribution in [-0.4, -0.2) is 30.4 Å². The average Bonchev–Trinajstić information content (AvgIpc) is 2.61. The van der Waals surface area contributed by atoms with E-state index in [0.29, 0.717) is 24.9 Å². The van der Waals surface area contributed by atoms with Gasteiger partial charge >= 0.3 is 0 Å². The maximum atomic E-state index is 13.5. The Labute approximate surface area is 142 Å². The van der Waals surface area contributed by atoms with Crippen molar-refractivity contribution in [1.29, 1.82) is 0 Å². The van der Waals surface area contributed by atoms with Gasteiger partial charge in [-0.3, -0.25) is 9.69 Å². The van der Waals surface area contributed by atoms with Gasteiger partial charge in [-0.05, 0) is 35.6 Å². The van der Waals surface area contributed by atoms with E-state index in [2.05, 4.69) is 34.5 Å². The Bertz CT molecular complexity index is 702. The van der Waals surface area contributed by atoms with Crippen LogP contribution in [0.3, 0.4) is 0 Å². The molecular weight excluding hydrogens is 303 g/mol.